The molecule has 4 atom stereocenters. The van der Waals surface area contributed by atoms with E-state index in [4.69, 9.17) is 16.6 Å². The maximum Gasteiger partial charge on any atom is 0.326 e. The van der Waals surface area contributed by atoms with Crippen molar-refractivity contribution >= 4 is 41.4 Å². The predicted molar refractivity (Wildman–Crippen MR) is 117 cm³/mol. The molecule has 0 radical (unpaired) electrons. The lowest BCUT2D eigenvalue weighted by atomic mass is 10.1. The first-order valence-corrected chi connectivity index (χ1v) is 11.4. The molecule has 0 aromatic carbocycles. The number of unbranched alkanes of at least 4 members (excludes halogenated alkanes) is 1. The van der Waals surface area contributed by atoms with Gasteiger partial charge >= 0.3 is 11.9 Å². The molecule has 0 aliphatic heterocycles. The van der Waals surface area contributed by atoms with E-state index in [0.717, 1.165) is 0 Å². The third kappa shape index (κ3) is 11.8. The SMILES string of the molecule is CSCCC(NC(=O)C(CO)NC(=O)C(N)CC(=O)O)C(=O)NC(CCCCN)C(=O)O. The van der Waals surface area contributed by atoms with Crippen LogP contribution in [0.3, 0.4) is 0 Å². The molecular formula is C18H33N5O8S. The standard InChI is InChI=1S/C18H33N5O8S/c1-32-7-5-11(16(28)22-12(18(30)31)4-2-3-6-19)21-17(29)13(9-24)23-15(27)10(20)8-14(25)26/h10-13,24H,2-9,19-20H2,1H3,(H,21,29)(H,22,28)(H,23,27)(H,25,26)(H,30,31). The Morgan fingerprint density at radius 2 is 1.44 bits per heavy atom. The van der Waals surface area contributed by atoms with Gasteiger partial charge in [0.25, 0.3) is 0 Å². The summed E-state index contributed by atoms with van der Waals surface area (Å²) in [6.07, 6.45) is 2.52. The highest BCUT2D eigenvalue weighted by atomic mass is 32.2. The van der Waals surface area contributed by atoms with Gasteiger partial charge in [0.05, 0.1) is 19.1 Å². The van der Waals surface area contributed by atoms with Crippen LogP contribution in [0.4, 0.5) is 0 Å². The van der Waals surface area contributed by atoms with Crippen LogP contribution in [-0.2, 0) is 24.0 Å². The van der Waals surface area contributed by atoms with Gasteiger partial charge in [-0.3, -0.25) is 19.2 Å². The largest absolute Gasteiger partial charge is 0.481 e. The molecule has 0 aliphatic carbocycles. The zero-order valence-electron chi connectivity index (χ0n) is 17.9. The van der Waals surface area contributed by atoms with Crippen molar-refractivity contribution in [1.29, 1.82) is 0 Å². The summed E-state index contributed by atoms with van der Waals surface area (Å²) in [4.78, 5) is 59.2. The molecule has 0 saturated heterocycles. The molecule has 0 aromatic heterocycles. The second kappa shape index (κ2) is 16.2. The van der Waals surface area contributed by atoms with Crippen molar-refractivity contribution in [2.45, 2.75) is 56.3 Å². The number of aliphatic hydroxyl groups is 1. The molecule has 0 spiro atoms. The van der Waals surface area contributed by atoms with Gasteiger partial charge in [0.1, 0.15) is 18.1 Å². The monoisotopic (exact) mass is 479 g/mol. The lowest BCUT2D eigenvalue weighted by Gasteiger charge is -2.24. The summed E-state index contributed by atoms with van der Waals surface area (Å²) in [5.41, 5.74) is 10.8. The van der Waals surface area contributed by atoms with E-state index in [9.17, 15) is 34.2 Å². The summed E-state index contributed by atoms with van der Waals surface area (Å²) >= 11 is 1.40. The van der Waals surface area contributed by atoms with Crippen molar-refractivity contribution in [3.05, 3.63) is 0 Å². The average molecular weight is 480 g/mol. The molecule has 3 amide bonds. The number of hydrogen-bond donors (Lipinski definition) is 8. The van der Waals surface area contributed by atoms with Gasteiger partial charge in [-0.2, -0.15) is 11.8 Å². The summed E-state index contributed by atoms with van der Waals surface area (Å²) < 4.78 is 0. The van der Waals surface area contributed by atoms with E-state index >= 15 is 0 Å². The molecule has 0 aliphatic rings. The summed E-state index contributed by atoms with van der Waals surface area (Å²) in [5, 5.41) is 34.4. The van der Waals surface area contributed by atoms with Crippen LogP contribution in [0.5, 0.6) is 0 Å². The lowest BCUT2D eigenvalue weighted by molar-refractivity contribution is -0.142. The van der Waals surface area contributed by atoms with Gasteiger partial charge in [-0.15, -0.1) is 0 Å². The number of carbonyl (C=O) groups excluding carboxylic acids is 3. The van der Waals surface area contributed by atoms with Crippen molar-refractivity contribution in [3.8, 4) is 0 Å². The highest BCUT2D eigenvalue weighted by Gasteiger charge is 2.30. The number of carboxylic acid groups (broad SMARTS) is 2. The van der Waals surface area contributed by atoms with Gasteiger partial charge in [-0.1, -0.05) is 0 Å². The lowest BCUT2D eigenvalue weighted by Crippen LogP contribution is -2.58. The summed E-state index contributed by atoms with van der Waals surface area (Å²) in [6.45, 7) is -0.442. The van der Waals surface area contributed by atoms with Gasteiger partial charge in [0.2, 0.25) is 17.7 Å². The second-order valence-corrected chi connectivity index (χ2v) is 7.96. The zero-order valence-corrected chi connectivity index (χ0v) is 18.7. The topological polar surface area (TPSA) is 234 Å². The van der Waals surface area contributed by atoms with Crippen molar-refractivity contribution < 1.29 is 39.3 Å². The number of amides is 3. The van der Waals surface area contributed by atoms with E-state index in [-0.39, 0.29) is 12.8 Å². The number of aliphatic carboxylic acids is 2. The average Bonchev–Trinajstić information content (AvgIpc) is 2.72. The van der Waals surface area contributed by atoms with E-state index < -0.39 is 66.9 Å². The molecule has 184 valence electrons. The normalized spacial score (nSPS) is 14.5. The maximum atomic E-state index is 12.6. The van der Waals surface area contributed by atoms with Gasteiger partial charge in [-0.25, -0.2) is 4.79 Å². The highest BCUT2D eigenvalue weighted by Crippen LogP contribution is 2.05. The van der Waals surface area contributed by atoms with Crippen molar-refractivity contribution in [2.24, 2.45) is 11.5 Å². The van der Waals surface area contributed by atoms with Gasteiger partial charge in [0.15, 0.2) is 0 Å². The summed E-state index contributed by atoms with van der Waals surface area (Å²) in [6, 6.07) is -5.20. The number of aliphatic hydroxyl groups excluding tert-OH is 1. The van der Waals surface area contributed by atoms with Crippen LogP contribution >= 0.6 is 11.8 Å². The first-order chi connectivity index (χ1) is 15.1. The molecule has 14 heteroatoms. The minimum Gasteiger partial charge on any atom is -0.481 e. The zero-order chi connectivity index (χ0) is 24.7. The van der Waals surface area contributed by atoms with Crippen molar-refractivity contribution in [3.63, 3.8) is 0 Å². The van der Waals surface area contributed by atoms with Gasteiger partial charge < -0.3 is 42.7 Å². The fourth-order valence-corrected chi connectivity index (χ4v) is 3.02. The quantitative estimate of drug-likeness (QED) is 0.0992. The van der Waals surface area contributed by atoms with Crippen molar-refractivity contribution in [2.75, 3.05) is 25.2 Å². The molecule has 0 aromatic rings. The Kier molecular flexibility index (Phi) is 15.0. The van der Waals surface area contributed by atoms with Gasteiger partial charge in [-0.05, 0) is 44.2 Å². The van der Waals surface area contributed by atoms with Crippen LogP contribution in [-0.4, -0.2) is 94.3 Å². The molecule has 0 bridgehead atoms. The molecule has 4 unspecified atom stereocenters. The van der Waals surface area contributed by atoms with Crippen LogP contribution in [0.15, 0.2) is 0 Å². The number of thioether (sulfide) groups is 1. The first kappa shape index (κ1) is 29.6. The smallest absolute Gasteiger partial charge is 0.326 e. The van der Waals surface area contributed by atoms with Crippen molar-refractivity contribution in [1.82, 2.24) is 16.0 Å². The van der Waals surface area contributed by atoms with E-state index in [1.165, 1.54) is 11.8 Å². The molecule has 13 nitrogen and oxygen atoms in total. The highest BCUT2D eigenvalue weighted by molar-refractivity contribution is 7.98. The second-order valence-electron chi connectivity index (χ2n) is 6.97. The maximum absolute atomic E-state index is 12.6. The number of carbonyl (C=O) groups is 5. The molecule has 0 saturated carbocycles. The fourth-order valence-electron chi connectivity index (χ4n) is 2.55. The Bertz CT molecular complexity index is 651. The number of rotatable bonds is 17. The number of nitrogens with one attached hydrogen (secondary N) is 3. The van der Waals surface area contributed by atoms with E-state index in [1.54, 1.807) is 6.26 Å². The Balaban J connectivity index is 5.18. The number of carboxylic acids is 2. The number of hydrogen-bond acceptors (Lipinski definition) is 9. The first-order valence-electron chi connectivity index (χ1n) is 9.98. The Labute approximate surface area is 190 Å². The molecule has 0 rings (SSSR count). The third-order valence-corrected chi connectivity index (χ3v) is 5.00. The fraction of sp³-hybridized carbons (Fsp3) is 0.722. The molecule has 10 N–H and O–H groups in total. The predicted octanol–water partition coefficient (Wildman–Crippen LogP) is -2.80. The van der Waals surface area contributed by atoms with E-state index in [1.807, 2.05) is 0 Å². The third-order valence-electron chi connectivity index (χ3n) is 4.35. The molecular weight excluding hydrogens is 446 g/mol. The van der Waals surface area contributed by atoms with Crippen LogP contribution in [0, 0.1) is 0 Å². The Morgan fingerprint density at radius 3 is 1.94 bits per heavy atom. The molecule has 0 fully saturated rings. The Morgan fingerprint density at radius 1 is 0.875 bits per heavy atom. The minimum atomic E-state index is -1.48. The van der Waals surface area contributed by atoms with Crippen LogP contribution < -0.4 is 27.4 Å². The molecule has 0 heterocycles. The number of nitrogens with two attached hydrogens (primary N) is 2. The summed E-state index contributed by atoms with van der Waals surface area (Å²) in [5.74, 6) is -4.66. The van der Waals surface area contributed by atoms with E-state index in [0.29, 0.717) is 25.1 Å². The minimum absolute atomic E-state index is 0.165. The van der Waals surface area contributed by atoms with Gasteiger partial charge in [0, 0.05) is 0 Å². The van der Waals surface area contributed by atoms with Crippen LogP contribution in [0.2, 0.25) is 0 Å². The summed E-state index contributed by atoms with van der Waals surface area (Å²) in [7, 11) is 0. The molecule has 32 heavy (non-hydrogen) atoms. The van der Waals surface area contributed by atoms with E-state index in [2.05, 4.69) is 16.0 Å². The van der Waals surface area contributed by atoms with Crippen LogP contribution in [0.1, 0.15) is 32.1 Å². The Hall–Kier alpha value is -2.42. The van der Waals surface area contributed by atoms with Crippen LogP contribution in [0.25, 0.3) is 0 Å².